The highest BCUT2D eigenvalue weighted by molar-refractivity contribution is 9.10. The summed E-state index contributed by atoms with van der Waals surface area (Å²) >= 11 is 3.17. The van der Waals surface area contributed by atoms with E-state index in [1.165, 1.54) is 18.2 Å². The summed E-state index contributed by atoms with van der Waals surface area (Å²) in [5, 5.41) is 2.89. The highest BCUT2D eigenvalue weighted by Crippen LogP contribution is 2.29. The number of hydrogen-bond acceptors (Lipinski definition) is 1. The van der Waals surface area contributed by atoms with E-state index in [-0.39, 0.29) is 17.8 Å². The first-order valence-electron chi connectivity index (χ1n) is 4.84. The van der Waals surface area contributed by atoms with Crippen molar-refractivity contribution in [3.8, 4) is 0 Å². The summed E-state index contributed by atoms with van der Waals surface area (Å²) in [5.41, 5.74) is 0.482. The van der Waals surface area contributed by atoms with Crippen molar-refractivity contribution in [2.45, 2.75) is 19.4 Å². The molecule has 0 saturated heterocycles. The first-order valence-corrected chi connectivity index (χ1v) is 5.63. The van der Waals surface area contributed by atoms with Gasteiger partial charge in [0.05, 0.1) is 5.56 Å². The monoisotopic (exact) mass is 271 g/mol. The normalized spacial score (nSPS) is 23.7. The molecule has 0 spiro atoms. The van der Waals surface area contributed by atoms with Gasteiger partial charge < -0.3 is 5.32 Å². The van der Waals surface area contributed by atoms with Gasteiger partial charge in [0, 0.05) is 10.5 Å². The van der Waals surface area contributed by atoms with Gasteiger partial charge in [-0.1, -0.05) is 6.92 Å². The minimum atomic E-state index is -0.349. The van der Waals surface area contributed by atoms with Crippen molar-refractivity contribution in [2.75, 3.05) is 0 Å². The zero-order valence-electron chi connectivity index (χ0n) is 8.26. The molecule has 0 heterocycles. The van der Waals surface area contributed by atoms with Crippen LogP contribution in [0.4, 0.5) is 4.39 Å². The number of carbonyl (C=O) groups is 1. The minimum absolute atomic E-state index is 0.142. The predicted molar refractivity (Wildman–Crippen MR) is 59.1 cm³/mol. The van der Waals surface area contributed by atoms with E-state index in [9.17, 15) is 9.18 Å². The molecule has 1 N–H and O–H groups in total. The van der Waals surface area contributed by atoms with Gasteiger partial charge in [0.1, 0.15) is 5.82 Å². The molecule has 1 aliphatic rings. The fourth-order valence-corrected chi connectivity index (χ4v) is 1.97. The SMILES string of the molecule is CC1CC1NC(=O)c1ccc(F)cc1Br. The summed E-state index contributed by atoms with van der Waals surface area (Å²) in [7, 11) is 0. The summed E-state index contributed by atoms with van der Waals surface area (Å²) in [4.78, 5) is 11.7. The zero-order chi connectivity index (χ0) is 11.0. The number of rotatable bonds is 2. The second-order valence-electron chi connectivity index (χ2n) is 3.92. The van der Waals surface area contributed by atoms with E-state index < -0.39 is 0 Å². The second kappa shape index (κ2) is 3.93. The molecule has 1 aromatic carbocycles. The van der Waals surface area contributed by atoms with Crippen LogP contribution in [0.1, 0.15) is 23.7 Å². The maximum atomic E-state index is 12.8. The number of nitrogens with one attached hydrogen (secondary N) is 1. The van der Waals surface area contributed by atoms with E-state index in [1.807, 2.05) is 0 Å². The summed E-state index contributed by atoms with van der Waals surface area (Å²) in [6.45, 7) is 2.09. The molecule has 1 fully saturated rings. The van der Waals surface area contributed by atoms with Crippen molar-refractivity contribution < 1.29 is 9.18 Å². The lowest BCUT2D eigenvalue weighted by atomic mass is 10.2. The Bertz CT molecular complexity index is 408. The highest BCUT2D eigenvalue weighted by atomic mass is 79.9. The van der Waals surface area contributed by atoms with Crippen molar-refractivity contribution >= 4 is 21.8 Å². The van der Waals surface area contributed by atoms with Gasteiger partial charge in [0.25, 0.3) is 5.91 Å². The van der Waals surface area contributed by atoms with E-state index in [1.54, 1.807) is 0 Å². The summed E-state index contributed by atoms with van der Waals surface area (Å²) in [6, 6.07) is 4.36. The van der Waals surface area contributed by atoms with Crippen LogP contribution in [0, 0.1) is 11.7 Å². The van der Waals surface area contributed by atoms with Crippen LogP contribution < -0.4 is 5.32 Å². The van der Waals surface area contributed by atoms with Crippen molar-refractivity contribution in [1.29, 1.82) is 0 Å². The van der Waals surface area contributed by atoms with E-state index in [0.29, 0.717) is 16.0 Å². The second-order valence-corrected chi connectivity index (χ2v) is 4.77. The number of amides is 1. The molecule has 1 aromatic rings. The largest absolute Gasteiger partial charge is 0.349 e. The summed E-state index contributed by atoms with van der Waals surface area (Å²) in [5.74, 6) is 0.0719. The number of halogens is 2. The van der Waals surface area contributed by atoms with Gasteiger partial charge in [-0.3, -0.25) is 4.79 Å². The molecule has 1 aliphatic carbocycles. The van der Waals surface area contributed by atoms with Crippen LogP contribution in [0.15, 0.2) is 22.7 Å². The van der Waals surface area contributed by atoms with Gasteiger partial charge in [0.2, 0.25) is 0 Å². The molecule has 15 heavy (non-hydrogen) atoms. The molecule has 0 aliphatic heterocycles. The molecule has 80 valence electrons. The first kappa shape index (κ1) is 10.6. The Hall–Kier alpha value is -0.900. The fraction of sp³-hybridized carbons (Fsp3) is 0.364. The van der Waals surface area contributed by atoms with Crippen LogP contribution in [0.2, 0.25) is 0 Å². The first-order chi connectivity index (χ1) is 7.08. The molecular formula is C11H11BrFNO. The third kappa shape index (κ3) is 2.37. The molecule has 2 rings (SSSR count). The summed E-state index contributed by atoms with van der Waals surface area (Å²) < 4.78 is 13.3. The highest BCUT2D eigenvalue weighted by Gasteiger charge is 2.34. The lowest BCUT2D eigenvalue weighted by molar-refractivity contribution is 0.0948. The van der Waals surface area contributed by atoms with Gasteiger partial charge >= 0.3 is 0 Å². The van der Waals surface area contributed by atoms with Gasteiger partial charge in [-0.15, -0.1) is 0 Å². The molecule has 2 atom stereocenters. The van der Waals surface area contributed by atoms with Crippen LogP contribution in [-0.2, 0) is 0 Å². The molecule has 0 radical (unpaired) electrons. The third-order valence-electron chi connectivity index (χ3n) is 2.60. The van der Waals surface area contributed by atoms with E-state index in [4.69, 9.17) is 0 Å². The predicted octanol–water partition coefficient (Wildman–Crippen LogP) is 2.73. The van der Waals surface area contributed by atoms with Crippen molar-refractivity contribution in [3.63, 3.8) is 0 Å². The molecule has 2 unspecified atom stereocenters. The molecule has 0 aromatic heterocycles. The zero-order valence-corrected chi connectivity index (χ0v) is 9.84. The molecule has 0 bridgehead atoms. The lowest BCUT2D eigenvalue weighted by Gasteiger charge is -2.05. The van der Waals surface area contributed by atoms with Gasteiger partial charge in [-0.25, -0.2) is 4.39 Å². The number of hydrogen-bond donors (Lipinski definition) is 1. The van der Waals surface area contributed by atoms with E-state index >= 15 is 0 Å². The van der Waals surface area contributed by atoms with Crippen LogP contribution in [0.3, 0.4) is 0 Å². The Labute approximate surface area is 96.0 Å². The maximum absolute atomic E-state index is 12.8. The third-order valence-corrected chi connectivity index (χ3v) is 3.26. The number of carbonyl (C=O) groups excluding carboxylic acids is 1. The van der Waals surface area contributed by atoms with E-state index in [0.717, 1.165) is 6.42 Å². The maximum Gasteiger partial charge on any atom is 0.252 e. The Morgan fingerprint density at radius 3 is 2.80 bits per heavy atom. The van der Waals surface area contributed by atoms with Crippen molar-refractivity contribution in [1.82, 2.24) is 5.32 Å². The molecular weight excluding hydrogens is 261 g/mol. The fourth-order valence-electron chi connectivity index (χ4n) is 1.44. The standard InChI is InChI=1S/C11H11BrFNO/c1-6-4-10(6)14-11(15)8-3-2-7(13)5-9(8)12/h2-3,5-6,10H,4H2,1H3,(H,14,15). The number of benzene rings is 1. The Morgan fingerprint density at radius 2 is 2.27 bits per heavy atom. The van der Waals surface area contributed by atoms with Crippen LogP contribution >= 0.6 is 15.9 Å². The Kier molecular flexibility index (Phi) is 2.78. The summed E-state index contributed by atoms with van der Waals surface area (Å²) in [6.07, 6.45) is 1.03. The van der Waals surface area contributed by atoms with Crippen LogP contribution in [0.25, 0.3) is 0 Å². The molecule has 1 saturated carbocycles. The Morgan fingerprint density at radius 1 is 1.60 bits per heavy atom. The smallest absolute Gasteiger partial charge is 0.252 e. The average Bonchev–Trinajstić information content (AvgIpc) is 2.81. The van der Waals surface area contributed by atoms with Crippen LogP contribution in [-0.4, -0.2) is 11.9 Å². The topological polar surface area (TPSA) is 29.1 Å². The van der Waals surface area contributed by atoms with Gasteiger partial charge in [-0.2, -0.15) is 0 Å². The van der Waals surface area contributed by atoms with E-state index in [2.05, 4.69) is 28.2 Å². The van der Waals surface area contributed by atoms with Gasteiger partial charge in [0.15, 0.2) is 0 Å². The molecule has 1 amide bonds. The van der Waals surface area contributed by atoms with Gasteiger partial charge in [-0.05, 0) is 46.5 Å². The van der Waals surface area contributed by atoms with Crippen molar-refractivity contribution in [2.24, 2.45) is 5.92 Å². The average molecular weight is 272 g/mol. The van der Waals surface area contributed by atoms with Crippen LogP contribution in [0.5, 0.6) is 0 Å². The quantitative estimate of drug-likeness (QED) is 0.881. The minimum Gasteiger partial charge on any atom is -0.349 e. The molecule has 2 nitrogen and oxygen atoms in total. The lowest BCUT2D eigenvalue weighted by Crippen LogP contribution is -2.26. The molecule has 4 heteroatoms. The van der Waals surface area contributed by atoms with Crippen molar-refractivity contribution in [3.05, 3.63) is 34.1 Å². The Balaban J connectivity index is 2.11.